The van der Waals surface area contributed by atoms with E-state index in [2.05, 4.69) is 27.9 Å². The first-order valence-electron chi connectivity index (χ1n) is 9.92. The fourth-order valence-corrected chi connectivity index (χ4v) is 3.42. The summed E-state index contributed by atoms with van der Waals surface area (Å²) in [5.41, 5.74) is 1.74. The largest absolute Gasteiger partial charge is 0.490 e. The second kappa shape index (κ2) is 11.3. The number of carboxylic acid groups (broad SMARTS) is 1. The maximum absolute atomic E-state index is 12.4. The Balaban J connectivity index is 1.81. The highest BCUT2D eigenvalue weighted by atomic mass is 127. The predicted octanol–water partition coefficient (Wildman–Crippen LogP) is 5.12. The van der Waals surface area contributed by atoms with Crippen LogP contribution in [0, 0.1) is 3.57 Å². The first-order valence-corrected chi connectivity index (χ1v) is 11.0. The van der Waals surface area contributed by atoms with Crippen LogP contribution in [0.4, 0.5) is 0 Å². The first kappa shape index (κ1) is 23.3. The Hall–Kier alpha value is -3.33. The topological polar surface area (TPSA) is 84.9 Å². The van der Waals surface area contributed by atoms with Gasteiger partial charge in [0.2, 0.25) is 0 Å². The standard InChI is InChI=1S/C25H22INO5/c1-2-31-23-15-17(12-13-22(23)32-16-19-10-6-7-11-20(19)26)14-21(25(29)30)27-24(28)18-8-4-3-5-9-18/h3-15H,2,16H2,1H3,(H,27,28)(H,29,30). The molecule has 3 rings (SSSR count). The maximum atomic E-state index is 12.4. The fraction of sp³-hybridized carbons (Fsp3) is 0.120. The lowest BCUT2D eigenvalue weighted by Crippen LogP contribution is -2.27. The van der Waals surface area contributed by atoms with Gasteiger partial charge in [-0.05, 0) is 71.5 Å². The Kier molecular flexibility index (Phi) is 8.27. The van der Waals surface area contributed by atoms with Crippen molar-refractivity contribution >= 4 is 40.5 Å². The molecule has 0 saturated carbocycles. The number of carbonyl (C=O) groups excluding carboxylic acids is 1. The molecule has 0 aliphatic rings. The van der Waals surface area contributed by atoms with Crippen molar-refractivity contribution in [2.24, 2.45) is 0 Å². The van der Waals surface area contributed by atoms with Crippen LogP contribution < -0.4 is 14.8 Å². The molecule has 0 fully saturated rings. The molecule has 0 aromatic heterocycles. The third kappa shape index (κ3) is 6.34. The van der Waals surface area contributed by atoms with Crippen molar-refractivity contribution in [1.82, 2.24) is 5.32 Å². The van der Waals surface area contributed by atoms with Gasteiger partial charge in [-0.1, -0.05) is 42.5 Å². The van der Waals surface area contributed by atoms with Gasteiger partial charge < -0.3 is 19.9 Å². The van der Waals surface area contributed by atoms with Crippen LogP contribution in [-0.4, -0.2) is 23.6 Å². The zero-order valence-corrected chi connectivity index (χ0v) is 19.5. The Morgan fingerprint density at radius 3 is 2.38 bits per heavy atom. The number of rotatable bonds is 9. The summed E-state index contributed by atoms with van der Waals surface area (Å²) in [5.74, 6) is -0.701. The first-order chi connectivity index (χ1) is 15.5. The monoisotopic (exact) mass is 543 g/mol. The summed E-state index contributed by atoms with van der Waals surface area (Å²) in [6, 6.07) is 21.5. The lowest BCUT2D eigenvalue weighted by Gasteiger charge is -2.14. The highest BCUT2D eigenvalue weighted by Gasteiger charge is 2.14. The second-order valence-electron chi connectivity index (χ2n) is 6.70. The highest BCUT2D eigenvalue weighted by Crippen LogP contribution is 2.30. The van der Waals surface area contributed by atoms with Gasteiger partial charge >= 0.3 is 5.97 Å². The summed E-state index contributed by atoms with van der Waals surface area (Å²) in [6.45, 7) is 2.65. The fourth-order valence-electron chi connectivity index (χ4n) is 2.87. The number of amides is 1. The molecule has 6 nitrogen and oxygen atoms in total. The van der Waals surface area contributed by atoms with Gasteiger partial charge in [-0.2, -0.15) is 0 Å². The number of nitrogens with one attached hydrogen (secondary N) is 1. The van der Waals surface area contributed by atoms with Crippen molar-refractivity contribution in [2.75, 3.05) is 6.61 Å². The van der Waals surface area contributed by atoms with Crippen LogP contribution in [0.2, 0.25) is 0 Å². The Labute approximate surface area is 200 Å². The van der Waals surface area contributed by atoms with Gasteiger partial charge in [0, 0.05) is 14.7 Å². The smallest absolute Gasteiger partial charge is 0.352 e. The zero-order valence-electron chi connectivity index (χ0n) is 17.4. The van der Waals surface area contributed by atoms with E-state index >= 15 is 0 Å². The zero-order chi connectivity index (χ0) is 22.9. The number of ether oxygens (including phenoxy) is 2. The molecule has 0 aliphatic heterocycles. The Bertz CT molecular complexity index is 1130. The van der Waals surface area contributed by atoms with Crippen molar-refractivity contribution in [1.29, 1.82) is 0 Å². The van der Waals surface area contributed by atoms with E-state index in [0.29, 0.717) is 35.8 Å². The van der Waals surface area contributed by atoms with Crippen LogP contribution in [0.3, 0.4) is 0 Å². The minimum atomic E-state index is -1.24. The van der Waals surface area contributed by atoms with E-state index in [1.165, 1.54) is 6.08 Å². The average Bonchev–Trinajstić information content (AvgIpc) is 2.79. The molecule has 32 heavy (non-hydrogen) atoms. The summed E-state index contributed by atoms with van der Waals surface area (Å²) in [7, 11) is 0. The van der Waals surface area contributed by atoms with E-state index in [4.69, 9.17) is 9.47 Å². The quantitative estimate of drug-likeness (QED) is 0.289. The van der Waals surface area contributed by atoms with Gasteiger partial charge in [0.1, 0.15) is 12.3 Å². The van der Waals surface area contributed by atoms with Crippen molar-refractivity contribution in [3.05, 3.63) is 98.8 Å². The molecule has 0 saturated heterocycles. The highest BCUT2D eigenvalue weighted by molar-refractivity contribution is 14.1. The molecule has 0 bridgehead atoms. The molecule has 2 N–H and O–H groups in total. The molecule has 0 unspecified atom stereocenters. The number of benzene rings is 3. The minimum Gasteiger partial charge on any atom is -0.490 e. The van der Waals surface area contributed by atoms with E-state index in [0.717, 1.165) is 9.13 Å². The van der Waals surface area contributed by atoms with Crippen LogP contribution in [0.1, 0.15) is 28.4 Å². The van der Waals surface area contributed by atoms with Gasteiger partial charge in [-0.15, -0.1) is 0 Å². The number of halogens is 1. The molecule has 1 amide bonds. The second-order valence-corrected chi connectivity index (χ2v) is 7.86. The third-order valence-corrected chi connectivity index (χ3v) is 5.49. The van der Waals surface area contributed by atoms with Crippen LogP contribution in [0.15, 0.2) is 78.5 Å². The summed E-state index contributed by atoms with van der Waals surface area (Å²) < 4.78 is 12.7. The molecule has 3 aromatic rings. The van der Waals surface area contributed by atoms with E-state index in [1.54, 1.807) is 48.5 Å². The van der Waals surface area contributed by atoms with Crippen molar-refractivity contribution in [2.45, 2.75) is 13.5 Å². The van der Waals surface area contributed by atoms with Gasteiger partial charge in [0.25, 0.3) is 5.91 Å². The van der Waals surface area contributed by atoms with Gasteiger partial charge in [-0.25, -0.2) is 4.79 Å². The van der Waals surface area contributed by atoms with E-state index in [-0.39, 0.29) is 5.70 Å². The van der Waals surface area contributed by atoms with Crippen LogP contribution in [0.5, 0.6) is 11.5 Å². The molecule has 0 atom stereocenters. The number of carboxylic acids is 1. The van der Waals surface area contributed by atoms with Crippen molar-refractivity contribution in [3.63, 3.8) is 0 Å². The van der Waals surface area contributed by atoms with Crippen LogP contribution in [0.25, 0.3) is 6.08 Å². The molecule has 164 valence electrons. The lowest BCUT2D eigenvalue weighted by molar-refractivity contribution is -0.132. The van der Waals surface area contributed by atoms with Gasteiger partial charge in [-0.3, -0.25) is 4.79 Å². The van der Waals surface area contributed by atoms with Crippen LogP contribution >= 0.6 is 22.6 Å². The maximum Gasteiger partial charge on any atom is 0.352 e. The Morgan fingerprint density at radius 2 is 1.69 bits per heavy atom. The molecule has 3 aromatic carbocycles. The summed E-state index contributed by atoms with van der Waals surface area (Å²) >= 11 is 2.26. The summed E-state index contributed by atoms with van der Waals surface area (Å²) in [4.78, 5) is 24.1. The molecule has 0 radical (unpaired) electrons. The molecule has 0 spiro atoms. The molecule has 0 heterocycles. The number of aliphatic carboxylic acids is 1. The SMILES string of the molecule is CCOc1cc(C=C(NC(=O)c2ccccc2)C(=O)O)ccc1OCc1ccccc1I. The summed E-state index contributed by atoms with van der Waals surface area (Å²) in [6.07, 6.45) is 1.38. The lowest BCUT2D eigenvalue weighted by atomic mass is 10.1. The van der Waals surface area contributed by atoms with Crippen molar-refractivity contribution in [3.8, 4) is 11.5 Å². The van der Waals surface area contributed by atoms with Crippen molar-refractivity contribution < 1.29 is 24.2 Å². The summed E-state index contributed by atoms with van der Waals surface area (Å²) in [5, 5.41) is 12.0. The molecule has 0 aliphatic carbocycles. The number of hydrogen-bond acceptors (Lipinski definition) is 4. The van der Waals surface area contributed by atoms with Gasteiger partial charge in [0.15, 0.2) is 11.5 Å². The molecule has 7 heteroatoms. The normalized spacial score (nSPS) is 11.0. The van der Waals surface area contributed by atoms with E-state index in [1.807, 2.05) is 31.2 Å². The number of hydrogen-bond donors (Lipinski definition) is 2. The predicted molar refractivity (Wildman–Crippen MR) is 131 cm³/mol. The van der Waals surface area contributed by atoms with E-state index in [9.17, 15) is 14.7 Å². The average molecular weight is 543 g/mol. The molecular weight excluding hydrogens is 521 g/mol. The van der Waals surface area contributed by atoms with Gasteiger partial charge in [0.05, 0.1) is 6.61 Å². The van der Waals surface area contributed by atoms with Crippen LogP contribution in [-0.2, 0) is 11.4 Å². The molecular formula is C25H22INO5. The van der Waals surface area contributed by atoms with E-state index < -0.39 is 11.9 Å². The minimum absolute atomic E-state index is 0.242. The third-order valence-electron chi connectivity index (χ3n) is 4.43. The number of carbonyl (C=O) groups is 2. The Morgan fingerprint density at radius 1 is 0.969 bits per heavy atom.